The number of nitrogens with zero attached hydrogens (tertiary/aromatic N) is 1. The number of aromatic hydroxyl groups is 1. The van der Waals surface area contributed by atoms with E-state index < -0.39 is 0 Å². The van der Waals surface area contributed by atoms with Crippen LogP contribution < -0.4 is 0 Å². The van der Waals surface area contributed by atoms with Gasteiger partial charge in [0.15, 0.2) is 0 Å². The quantitative estimate of drug-likeness (QED) is 0.806. The Morgan fingerprint density at radius 3 is 2.71 bits per heavy atom. The molecule has 1 heterocycles. The summed E-state index contributed by atoms with van der Waals surface area (Å²) in [6.07, 6.45) is 1.15. The van der Waals surface area contributed by atoms with E-state index in [1.807, 2.05) is 12.1 Å². The number of rotatable bonds is 1. The monoisotopic (exact) mass is 233 g/mol. The molecule has 3 unspecified atom stereocenters. The second-order valence-corrected chi connectivity index (χ2v) is 5.86. The number of likely N-dealkylation sites (tertiary alicyclic amines) is 1. The van der Waals surface area contributed by atoms with E-state index in [9.17, 15) is 5.11 Å². The van der Waals surface area contributed by atoms with Crippen LogP contribution in [0.4, 0.5) is 0 Å². The second kappa shape index (κ2) is 4.34. The minimum Gasteiger partial charge on any atom is -0.508 e. The van der Waals surface area contributed by atoms with E-state index in [0.717, 1.165) is 13.0 Å². The molecule has 1 aromatic rings. The Balaban J connectivity index is 2.35. The normalized spacial score (nSPS) is 34.8. The number of hydrogen-bond donors (Lipinski definition) is 1. The van der Waals surface area contributed by atoms with Crippen LogP contribution in [0.1, 0.15) is 32.8 Å². The molecular weight excluding hydrogens is 210 g/mol. The molecular formula is C15H23NO. The second-order valence-electron chi connectivity index (χ2n) is 5.86. The first-order valence-corrected chi connectivity index (χ1v) is 6.43. The van der Waals surface area contributed by atoms with Crippen LogP contribution in [0.25, 0.3) is 0 Å². The first-order valence-electron chi connectivity index (χ1n) is 6.43. The molecule has 0 radical (unpaired) electrons. The summed E-state index contributed by atoms with van der Waals surface area (Å²) in [6.45, 7) is 8.04. The number of phenols is 1. The van der Waals surface area contributed by atoms with Gasteiger partial charge in [0.05, 0.1) is 0 Å². The zero-order chi connectivity index (χ0) is 12.6. The van der Waals surface area contributed by atoms with Crippen LogP contribution in [0.2, 0.25) is 0 Å². The first-order chi connectivity index (χ1) is 7.93. The van der Waals surface area contributed by atoms with Crippen molar-refractivity contribution in [1.82, 2.24) is 4.90 Å². The molecule has 0 aliphatic carbocycles. The van der Waals surface area contributed by atoms with Crippen molar-refractivity contribution in [3.05, 3.63) is 29.8 Å². The minimum absolute atomic E-state index is 0.171. The lowest BCUT2D eigenvalue weighted by atomic mass is 9.66. The van der Waals surface area contributed by atoms with Crippen LogP contribution >= 0.6 is 0 Å². The molecule has 0 aromatic heterocycles. The predicted octanol–water partition coefficient (Wildman–Crippen LogP) is 3.01. The third-order valence-electron chi connectivity index (χ3n) is 4.63. The molecule has 0 amide bonds. The molecule has 2 nitrogen and oxygen atoms in total. The van der Waals surface area contributed by atoms with Crippen molar-refractivity contribution >= 4 is 0 Å². The fourth-order valence-corrected chi connectivity index (χ4v) is 3.05. The van der Waals surface area contributed by atoms with Gasteiger partial charge < -0.3 is 10.0 Å². The largest absolute Gasteiger partial charge is 0.508 e. The molecule has 1 fully saturated rings. The van der Waals surface area contributed by atoms with Crippen molar-refractivity contribution in [2.24, 2.45) is 5.92 Å². The predicted molar refractivity (Wildman–Crippen MR) is 71.3 cm³/mol. The van der Waals surface area contributed by atoms with E-state index in [1.54, 1.807) is 6.07 Å². The molecule has 0 saturated carbocycles. The summed E-state index contributed by atoms with van der Waals surface area (Å²) >= 11 is 0. The van der Waals surface area contributed by atoms with Gasteiger partial charge in [-0.05, 0) is 49.4 Å². The maximum Gasteiger partial charge on any atom is 0.115 e. The molecule has 1 aliphatic heterocycles. The Labute approximate surface area is 104 Å². The van der Waals surface area contributed by atoms with Crippen molar-refractivity contribution < 1.29 is 5.11 Å². The fraction of sp³-hybridized carbons (Fsp3) is 0.600. The zero-order valence-corrected chi connectivity index (χ0v) is 11.3. The maximum absolute atomic E-state index is 9.65. The van der Waals surface area contributed by atoms with Crippen molar-refractivity contribution in [2.75, 3.05) is 13.6 Å². The lowest BCUT2D eigenvalue weighted by Crippen LogP contribution is -2.50. The highest BCUT2D eigenvalue weighted by Gasteiger charge is 2.40. The van der Waals surface area contributed by atoms with Crippen LogP contribution in [0.3, 0.4) is 0 Å². The summed E-state index contributed by atoms with van der Waals surface area (Å²) in [7, 11) is 2.20. The molecule has 0 bridgehead atoms. The summed E-state index contributed by atoms with van der Waals surface area (Å²) in [6, 6.07) is 8.36. The third kappa shape index (κ3) is 2.19. The highest BCUT2D eigenvalue weighted by atomic mass is 16.3. The van der Waals surface area contributed by atoms with E-state index in [1.165, 1.54) is 5.56 Å². The van der Waals surface area contributed by atoms with Gasteiger partial charge in [-0.15, -0.1) is 0 Å². The summed E-state index contributed by atoms with van der Waals surface area (Å²) in [5.41, 5.74) is 1.44. The summed E-state index contributed by atoms with van der Waals surface area (Å²) in [5.74, 6) is 0.980. The van der Waals surface area contributed by atoms with E-state index in [4.69, 9.17) is 0 Å². The van der Waals surface area contributed by atoms with Gasteiger partial charge >= 0.3 is 0 Å². The van der Waals surface area contributed by atoms with Gasteiger partial charge in [0, 0.05) is 12.6 Å². The number of benzene rings is 1. The summed E-state index contributed by atoms with van der Waals surface area (Å²) in [4.78, 5) is 2.43. The Kier molecular flexibility index (Phi) is 3.17. The average Bonchev–Trinajstić information content (AvgIpc) is 2.26. The van der Waals surface area contributed by atoms with Gasteiger partial charge in [-0.3, -0.25) is 0 Å². The molecule has 1 saturated heterocycles. The fourth-order valence-electron chi connectivity index (χ4n) is 3.05. The van der Waals surface area contributed by atoms with E-state index in [-0.39, 0.29) is 5.41 Å². The van der Waals surface area contributed by atoms with Gasteiger partial charge in [0.25, 0.3) is 0 Å². The van der Waals surface area contributed by atoms with E-state index in [0.29, 0.717) is 17.7 Å². The van der Waals surface area contributed by atoms with Crippen molar-refractivity contribution in [2.45, 2.75) is 38.6 Å². The Morgan fingerprint density at radius 1 is 1.35 bits per heavy atom. The smallest absolute Gasteiger partial charge is 0.115 e. The van der Waals surface area contributed by atoms with Gasteiger partial charge in [0.2, 0.25) is 0 Å². The molecule has 17 heavy (non-hydrogen) atoms. The maximum atomic E-state index is 9.65. The molecule has 1 aliphatic rings. The standard InChI is InChI=1S/C15H23NO/c1-11-10-16(4)12(2)9-15(11,3)13-6-5-7-14(17)8-13/h5-8,11-12,17H,9-10H2,1-4H3. The van der Waals surface area contributed by atoms with Gasteiger partial charge in [-0.25, -0.2) is 0 Å². The first kappa shape index (κ1) is 12.4. The number of piperidine rings is 1. The molecule has 1 aromatic carbocycles. The Hall–Kier alpha value is -1.02. The SMILES string of the molecule is CC1CC(C)(c2cccc(O)c2)C(C)CN1C. The highest BCUT2D eigenvalue weighted by molar-refractivity contribution is 5.34. The van der Waals surface area contributed by atoms with Crippen LogP contribution in [-0.2, 0) is 5.41 Å². The summed E-state index contributed by atoms with van der Waals surface area (Å²) in [5, 5.41) is 9.65. The third-order valence-corrected chi connectivity index (χ3v) is 4.63. The van der Waals surface area contributed by atoms with E-state index in [2.05, 4.69) is 38.8 Å². The highest BCUT2D eigenvalue weighted by Crippen LogP contribution is 2.41. The number of phenolic OH excluding ortho intramolecular Hbond substituents is 1. The zero-order valence-electron chi connectivity index (χ0n) is 11.3. The van der Waals surface area contributed by atoms with Crippen LogP contribution in [0.5, 0.6) is 5.75 Å². The van der Waals surface area contributed by atoms with Gasteiger partial charge in [-0.2, -0.15) is 0 Å². The van der Waals surface area contributed by atoms with Crippen molar-refractivity contribution in [3.8, 4) is 5.75 Å². The van der Waals surface area contributed by atoms with Crippen molar-refractivity contribution in [1.29, 1.82) is 0 Å². The Bertz CT molecular complexity index is 404. The molecule has 0 spiro atoms. The minimum atomic E-state index is 0.171. The molecule has 1 N–H and O–H groups in total. The topological polar surface area (TPSA) is 23.5 Å². The van der Waals surface area contributed by atoms with Crippen molar-refractivity contribution in [3.63, 3.8) is 0 Å². The summed E-state index contributed by atoms with van der Waals surface area (Å²) < 4.78 is 0. The van der Waals surface area contributed by atoms with E-state index >= 15 is 0 Å². The van der Waals surface area contributed by atoms with Crippen LogP contribution in [0.15, 0.2) is 24.3 Å². The molecule has 3 atom stereocenters. The average molecular weight is 233 g/mol. The van der Waals surface area contributed by atoms with Crippen LogP contribution in [-0.4, -0.2) is 29.6 Å². The lowest BCUT2D eigenvalue weighted by molar-refractivity contribution is 0.0852. The molecule has 2 heteroatoms. The molecule has 94 valence electrons. The van der Waals surface area contributed by atoms with Gasteiger partial charge in [-0.1, -0.05) is 26.0 Å². The molecule has 2 rings (SSSR count). The number of hydrogen-bond acceptors (Lipinski definition) is 2. The van der Waals surface area contributed by atoms with Crippen LogP contribution in [0, 0.1) is 5.92 Å². The lowest BCUT2D eigenvalue weighted by Gasteiger charge is -2.47. The van der Waals surface area contributed by atoms with Gasteiger partial charge in [0.1, 0.15) is 5.75 Å². The Morgan fingerprint density at radius 2 is 2.06 bits per heavy atom.